The second-order valence-electron chi connectivity index (χ2n) is 10.4. The summed E-state index contributed by atoms with van der Waals surface area (Å²) in [7, 11) is -1.07. The summed E-state index contributed by atoms with van der Waals surface area (Å²) in [6, 6.07) is 16.6. The Balaban J connectivity index is 1.96. The summed E-state index contributed by atoms with van der Waals surface area (Å²) in [6.07, 6.45) is 2.12. The van der Waals surface area contributed by atoms with E-state index in [2.05, 4.69) is 32.7 Å². The summed E-state index contributed by atoms with van der Waals surface area (Å²) in [6.45, 7) is 8.01. The zero-order valence-corrected chi connectivity index (χ0v) is 22.4. The lowest BCUT2D eigenvalue weighted by molar-refractivity contribution is 0.400. The van der Waals surface area contributed by atoms with Gasteiger partial charge in [-0.05, 0) is 73.0 Å². The largest absolute Gasteiger partial charge is 0.481 e. The fourth-order valence-corrected chi connectivity index (χ4v) is 5.79. The topological polar surface area (TPSA) is 80.3 Å². The molecule has 1 aliphatic heterocycles. The average molecular weight is 515 g/mol. The van der Waals surface area contributed by atoms with Gasteiger partial charge in [-0.2, -0.15) is 5.26 Å². The summed E-state index contributed by atoms with van der Waals surface area (Å²) in [5.41, 5.74) is 6.24. The van der Waals surface area contributed by atoms with Crippen LogP contribution < -0.4 is 10.2 Å². The van der Waals surface area contributed by atoms with E-state index in [1.54, 1.807) is 38.6 Å². The van der Waals surface area contributed by atoms with E-state index in [1.165, 1.54) is 12.1 Å². The van der Waals surface area contributed by atoms with Crippen molar-refractivity contribution in [1.82, 2.24) is 9.55 Å². The van der Waals surface area contributed by atoms with Crippen LogP contribution in [0.2, 0.25) is 0 Å². The molecule has 0 saturated heterocycles. The standard InChI is InChI=1S/C29H28FN4O2P/c1-29(2,12-13-31)27-26(22-10-11-25(37(4,5)35)33-28(22)36-3)23-14-18-16-32-17-19(18)15-24(23)34(27)21-8-6-20(30)7-9-21/h6-11,14-15,17H,12,16H2,1-5H3. The number of nitriles is 1. The maximum atomic E-state index is 13.9. The molecule has 0 bridgehead atoms. The van der Waals surface area contributed by atoms with Crippen molar-refractivity contribution in [3.8, 4) is 28.8 Å². The summed E-state index contributed by atoms with van der Waals surface area (Å²) in [5.74, 6) is 0.0432. The number of halogens is 1. The number of hydrogen-bond acceptors (Lipinski definition) is 5. The van der Waals surface area contributed by atoms with Crippen LogP contribution in [0.5, 0.6) is 5.88 Å². The number of rotatable bonds is 6. The molecule has 0 amide bonds. The average Bonchev–Trinajstić information content (AvgIpc) is 3.44. The first-order chi connectivity index (χ1) is 17.5. The lowest BCUT2D eigenvalue weighted by Gasteiger charge is -2.27. The number of fused-ring (bicyclic) bond motifs is 2. The Bertz CT molecular complexity index is 1660. The molecule has 2 aromatic heterocycles. The minimum Gasteiger partial charge on any atom is -0.481 e. The number of pyridine rings is 1. The van der Waals surface area contributed by atoms with Gasteiger partial charge in [-0.1, -0.05) is 13.8 Å². The van der Waals surface area contributed by atoms with Gasteiger partial charge >= 0.3 is 0 Å². The van der Waals surface area contributed by atoms with Gasteiger partial charge in [0.15, 0.2) is 0 Å². The number of aromatic nitrogens is 2. The Hall–Kier alpha value is -3.75. The van der Waals surface area contributed by atoms with E-state index in [4.69, 9.17) is 4.74 Å². The maximum absolute atomic E-state index is 13.9. The first kappa shape index (κ1) is 24.9. The number of nitrogens with zero attached hydrogens (tertiary/aromatic N) is 4. The second-order valence-corrected chi connectivity index (χ2v) is 13.5. The molecule has 0 N–H and O–H groups in total. The second kappa shape index (κ2) is 8.97. The number of ether oxygens (including phenoxy) is 1. The minimum absolute atomic E-state index is 0.256. The van der Waals surface area contributed by atoms with Gasteiger partial charge in [0.05, 0.1) is 25.2 Å². The van der Waals surface area contributed by atoms with Crippen molar-refractivity contribution in [2.45, 2.75) is 32.2 Å². The van der Waals surface area contributed by atoms with Crippen LogP contribution in [0.3, 0.4) is 0 Å². The van der Waals surface area contributed by atoms with Crippen LogP contribution in [0, 0.1) is 17.1 Å². The van der Waals surface area contributed by atoms with E-state index in [0.717, 1.165) is 44.5 Å². The SMILES string of the molecule is COc1nc(P(C)(C)=O)ccc1-c1c(C(C)(C)CC#N)n(-c2ccc(F)cc2)c2cc3c(cc12)CN=C3. The van der Waals surface area contributed by atoms with Gasteiger partial charge in [0, 0.05) is 45.9 Å². The molecule has 2 aromatic carbocycles. The predicted molar refractivity (Wildman–Crippen MR) is 147 cm³/mol. The molecule has 0 unspecified atom stereocenters. The highest BCUT2D eigenvalue weighted by molar-refractivity contribution is 7.69. The van der Waals surface area contributed by atoms with E-state index in [9.17, 15) is 14.2 Å². The Morgan fingerprint density at radius 3 is 2.54 bits per heavy atom. The first-order valence-corrected chi connectivity index (χ1v) is 14.6. The van der Waals surface area contributed by atoms with E-state index in [0.29, 0.717) is 17.9 Å². The van der Waals surface area contributed by atoms with Crippen LogP contribution >= 0.6 is 7.14 Å². The van der Waals surface area contributed by atoms with Crippen molar-refractivity contribution in [1.29, 1.82) is 5.26 Å². The summed E-state index contributed by atoms with van der Waals surface area (Å²) < 4.78 is 34.6. The highest BCUT2D eigenvalue weighted by Gasteiger charge is 2.34. The van der Waals surface area contributed by atoms with Gasteiger partial charge in [-0.15, -0.1) is 0 Å². The molecule has 5 rings (SSSR count). The molecule has 3 heterocycles. The van der Waals surface area contributed by atoms with E-state index in [-0.39, 0.29) is 12.2 Å². The van der Waals surface area contributed by atoms with E-state index < -0.39 is 12.6 Å². The van der Waals surface area contributed by atoms with Gasteiger partial charge in [0.1, 0.15) is 18.4 Å². The number of aliphatic imine (C=N–C) groups is 1. The van der Waals surface area contributed by atoms with Crippen molar-refractivity contribution in [3.05, 3.63) is 71.2 Å². The van der Waals surface area contributed by atoms with Gasteiger partial charge in [-0.3, -0.25) is 4.99 Å². The third kappa shape index (κ3) is 4.26. The fraction of sp³-hybridized carbons (Fsp3) is 0.276. The van der Waals surface area contributed by atoms with Crippen LogP contribution in [0.25, 0.3) is 27.7 Å². The number of benzene rings is 2. The summed E-state index contributed by atoms with van der Waals surface area (Å²) in [4.78, 5) is 9.10. The van der Waals surface area contributed by atoms with Gasteiger partial charge in [-0.25, -0.2) is 9.37 Å². The smallest absolute Gasteiger partial charge is 0.221 e. The normalized spacial score (nSPS) is 13.1. The van der Waals surface area contributed by atoms with Crippen LogP contribution in [-0.4, -0.2) is 36.2 Å². The van der Waals surface area contributed by atoms with Crippen molar-refractivity contribution in [2.75, 3.05) is 20.4 Å². The van der Waals surface area contributed by atoms with Crippen molar-refractivity contribution >= 4 is 29.7 Å². The molecule has 0 aliphatic carbocycles. The van der Waals surface area contributed by atoms with Gasteiger partial charge in [0.25, 0.3) is 0 Å². The van der Waals surface area contributed by atoms with Crippen LogP contribution in [0.4, 0.5) is 4.39 Å². The molecule has 6 nitrogen and oxygen atoms in total. The number of hydrogen-bond donors (Lipinski definition) is 0. The highest BCUT2D eigenvalue weighted by Crippen LogP contribution is 2.47. The van der Waals surface area contributed by atoms with Crippen molar-refractivity contribution in [3.63, 3.8) is 0 Å². The first-order valence-electron chi connectivity index (χ1n) is 12.0. The van der Waals surface area contributed by atoms with Gasteiger partial charge in [0.2, 0.25) is 5.88 Å². The van der Waals surface area contributed by atoms with Crippen LogP contribution in [0.15, 0.2) is 53.5 Å². The summed E-state index contributed by atoms with van der Waals surface area (Å²) in [5, 5.41) is 10.7. The van der Waals surface area contributed by atoms with Crippen LogP contribution in [0.1, 0.15) is 37.1 Å². The lowest BCUT2D eigenvalue weighted by Crippen LogP contribution is -2.22. The summed E-state index contributed by atoms with van der Waals surface area (Å²) >= 11 is 0. The quantitative estimate of drug-likeness (QED) is 0.287. The molecule has 0 spiro atoms. The predicted octanol–water partition coefficient (Wildman–Crippen LogP) is 6.21. The Labute approximate surface area is 215 Å². The molecular weight excluding hydrogens is 486 g/mol. The molecule has 37 heavy (non-hydrogen) atoms. The van der Waals surface area contributed by atoms with E-state index in [1.807, 2.05) is 26.1 Å². The lowest BCUT2D eigenvalue weighted by atomic mass is 9.82. The zero-order chi connectivity index (χ0) is 26.5. The molecule has 1 aliphatic rings. The molecule has 0 atom stereocenters. The third-order valence-electron chi connectivity index (χ3n) is 6.83. The third-order valence-corrected chi connectivity index (χ3v) is 8.18. The maximum Gasteiger partial charge on any atom is 0.221 e. The monoisotopic (exact) mass is 514 g/mol. The van der Waals surface area contributed by atoms with Crippen LogP contribution in [-0.2, 0) is 16.5 Å². The zero-order valence-electron chi connectivity index (χ0n) is 21.5. The minimum atomic E-state index is -2.62. The molecule has 4 aromatic rings. The molecule has 188 valence electrons. The Morgan fingerprint density at radius 1 is 1.16 bits per heavy atom. The molecule has 0 fully saturated rings. The highest BCUT2D eigenvalue weighted by atomic mass is 31.2. The number of methoxy groups -OCH3 is 1. The molecular formula is C29H28FN4O2P. The van der Waals surface area contributed by atoms with E-state index >= 15 is 0 Å². The van der Waals surface area contributed by atoms with Gasteiger partial charge < -0.3 is 13.9 Å². The van der Waals surface area contributed by atoms with Crippen molar-refractivity contribution < 1.29 is 13.7 Å². The Morgan fingerprint density at radius 2 is 1.89 bits per heavy atom. The van der Waals surface area contributed by atoms with Crippen molar-refractivity contribution in [2.24, 2.45) is 4.99 Å². The fourth-order valence-electron chi connectivity index (χ4n) is 5.02. The Kier molecular flexibility index (Phi) is 6.04. The molecule has 0 saturated carbocycles. The molecule has 8 heteroatoms. The molecule has 0 radical (unpaired) electrons.